The topological polar surface area (TPSA) is 68.1 Å². The molecule has 4 heterocycles. The molecule has 0 aromatic carbocycles. The van der Waals surface area contributed by atoms with Crippen molar-refractivity contribution in [1.29, 1.82) is 0 Å². The fourth-order valence-corrected chi connectivity index (χ4v) is 6.69. The van der Waals surface area contributed by atoms with Gasteiger partial charge in [-0.1, -0.05) is 12.1 Å². The summed E-state index contributed by atoms with van der Waals surface area (Å²) in [6, 6.07) is 3.95. The van der Waals surface area contributed by atoms with Crippen LogP contribution in [0.15, 0.2) is 46.7 Å². The maximum atomic E-state index is 13.2. The lowest BCUT2D eigenvalue weighted by Crippen LogP contribution is -2.36. The molecular weight excluding hydrogens is 448 g/mol. The fraction of sp³-hybridized carbons (Fsp3) is 0.273. The van der Waals surface area contributed by atoms with E-state index in [1.165, 1.54) is 33.5 Å². The normalized spacial score (nSPS) is 13.3. The summed E-state index contributed by atoms with van der Waals surface area (Å²) in [5.41, 5.74) is 1.79. The number of thiazole rings is 1. The van der Waals surface area contributed by atoms with Crippen molar-refractivity contribution in [3.8, 4) is 10.4 Å². The van der Waals surface area contributed by atoms with Crippen LogP contribution in [0.3, 0.4) is 0 Å². The molecule has 0 fully saturated rings. The van der Waals surface area contributed by atoms with Crippen LogP contribution < -0.4 is 10.5 Å². The number of carbonyl (C=O) groups is 1. The summed E-state index contributed by atoms with van der Waals surface area (Å²) >= 11 is 4.61. The van der Waals surface area contributed by atoms with Gasteiger partial charge in [-0.3, -0.25) is 19.1 Å². The van der Waals surface area contributed by atoms with Gasteiger partial charge in [0.05, 0.1) is 17.4 Å². The molecule has 1 amide bonds. The van der Waals surface area contributed by atoms with Crippen molar-refractivity contribution in [3.05, 3.63) is 62.8 Å². The Hall–Kier alpha value is -2.62. The van der Waals surface area contributed by atoms with E-state index in [2.05, 4.69) is 11.6 Å². The summed E-state index contributed by atoms with van der Waals surface area (Å²) in [5.74, 6) is -0.192. The van der Waals surface area contributed by atoms with Gasteiger partial charge in [0.2, 0.25) is 5.91 Å². The van der Waals surface area contributed by atoms with Crippen LogP contribution >= 0.6 is 34.0 Å². The van der Waals surface area contributed by atoms with E-state index in [9.17, 15) is 9.59 Å². The third-order valence-electron chi connectivity index (χ3n) is 5.33. The predicted molar refractivity (Wildman–Crippen MR) is 128 cm³/mol. The molecule has 1 aliphatic rings. The lowest BCUT2D eigenvalue weighted by molar-refractivity contribution is -0.119. The number of rotatable bonds is 6. The number of hydrogen-bond donors (Lipinski definition) is 0. The Bertz CT molecular complexity index is 1290. The van der Waals surface area contributed by atoms with Crippen molar-refractivity contribution in [2.24, 2.45) is 0 Å². The Morgan fingerprint density at radius 3 is 2.94 bits per heavy atom. The molecule has 0 radical (unpaired) electrons. The number of fused-ring (bicyclic) bond motifs is 2. The van der Waals surface area contributed by atoms with Crippen molar-refractivity contribution in [2.75, 3.05) is 11.4 Å². The van der Waals surface area contributed by atoms with Gasteiger partial charge in [-0.05, 0) is 37.1 Å². The molecule has 9 heteroatoms. The summed E-state index contributed by atoms with van der Waals surface area (Å²) < 4.78 is 1.40. The molecule has 0 unspecified atom stereocenters. The van der Waals surface area contributed by atoms with Gasteiger partial charge < -0.3 is 0 Å². The van der Waals surface area contributed by atoms with Crippen LogP contribution in [0.1, 0.15) is 23.4 Å². The van der Waals surface area contributed by atoms with E-state index in [1.807, 2.05) is 22.9 Å². The highest BCUT2D eigenvalue weighted by Crippen LogP contribution is 2.34. The molecular formula is C22H20N4O2S3. The third kappa shape index (κ3) is 3.77. The van der Waals surface area contributed by atoms with E-state index in [-0.39, 0.29) is 18.0 Å². The zero-order valence-electron chi connectivity index (χ0n) is 16.7. The smallest absolute Gasteiger partial charge is 0.263 e. The number of nitrogens with zero attached hydrogens (tertiary/aromatic N) is 4. The number of carbonyl (C=O) groups excluding carboxylic acids is 1. The second kappa shape index (κ2) is 8.49. The van der Waals surface area contributed by atoms with Crippen molar-refractivity contribution in [1.82, 2.24) is 14.5 Å². The molecule has 31 heavy (non-hydrogen) atoms. The van der Waals surface area contributed by atoms with Crippen LogP contribution in [-0.4, -0.2) is 27.0 Å². The first-order chi connectivity index (χ1) is 15.2. The highest BCUT2D eigenvalue weighted by molar-refractivity contribution is 7.18. The van der Waals surface area contributed by atoms with Gasteiger partial charge in [0.25, 0.3) is 5.56 Å². The monoisotopic (exact) mass is 468 g/mol. The highest BCUT2D eigenvalue weighted by Gasteiger charge is 2.23. The molecule has 0 saturated carbocycles. The Morgan fingerprint density at radius 1 is 1.29 bits per heavy atom. The van der Waals surface area contributed by atoms with Gasteiger partial charge in [-0.25, -0.2) is 9.97 Å². The van der Waals surface area contributed by atoms with Crippen LogP contribution in [0.25, 0.3) is 20.7 Å². The van der Waals surface area contributed by atoms with E-state index in [4.69, 9.17) is 4.98 Å². The summed E-state index contributed by atoms with van der Waals surface area (Å²) in [6.45, 7) is 4.07. The van der Waals surface area contributed by atoms with Crippen molar-refractivity contribution in [3.63, 3.8) is 0 Å². The minimum Gasteiger partial charge on any atom is -0.289 e. The van der Waals surface area contributed by atoms with Crippen LogP contribution in [0.2, 0.25) is 0 Å². The maximum Gasteiger partial charge on any atom is 0.263 e. The van der Waals surface area contributed by atoms with Gasteiger partial charge >= 0.3 is 0 Å². The first-order valence-corrected chi connectivity index (χ1v) is 12.6. The molecule has 158 valence electrons. The SMILES string of the molecule is C=CCN(C(=O)Cn1cnc2scc(-c3cccs3)c2c1=O)c1nc2c(s1)CCCC2. The molecule has 4 aromatic rings. The minimum absolute atomic E-state index is 0.0837. The summed E-state index contributed by atoms with van der Waals surface area (Å²) in [4.78, 5) is 40.2. The van der Waals surface area contributed by atoms with Crippen molar-refractivity contribution in [2.45, 2.75) is 32.2 Å². The zero-order valence-corrected chi connectivity index (χ0v) is 19.2. The molecule has 5 rings (SSSR count). The summed E-state index contributed by atoms with van der Waals surface area (Å²) in [6.07, 6.45) is 7.45. The van der Waals surface area contributed by atoms with E-state index in [0.29, 0.717) is 21.9 Å². The summed E-state index contributed by atoms with van der Waals surface area (Å²) in [7, 11) is 0. The van der Waals surface area contributed by atoms with Crippen LogP contribution in [0, 0.1) is 0 Å². The van der Waals surface area contributed by atoms with E-state index >= 15 is 0 Å². The van der Waals surface area contributed by atoms with E-state index in [1.54, 1.807) is 33.6 Å². The van der Waals surface area contributed by atoms with E-state index < -0.39 is 0 Å². The van der Waals surface area contributed by atoms with Gasteiger partial charge in [-0.15, -0.1) is 40.6 Å². The minimum atomic E-state index is -0.194. The Labute approximate surface area is 191 Å². The van der Waals surface area contributed by atoms with Crippen LogP contribution in [-0.2, 0) is 24.2 Å². The number of anilines is 1. The maximum absolute atomic E-state index is 13.2. The van der Waals surface area contributed by atoms with Crippen LogP contribution in [0.5, 0.6) is 0 Å². The predicted octanol–water partition coefficient (Wildman–Crippen LogP) is 4.74. The molecule has 1 aliphatic carbocycles. The second-order valence-corrected chi connectivity index (χ2v) is 10.2. The van der Waals surface area contributed by atoms with E-state index in [0.717, 1.165) is 35.4 Å². The quantitative estimate of drug-likeness (QED) is 0.383. The molecule has 4 aromatic heterocycles. The first-order valence-electron chi connectivity index (χ1n) is 10.1. The third-order valence-corrected chi connectivity index (χ3v) is 8.30. The van der Waals surface area contributed by atoms with Crippen molar-refractivity contribution < 1.29 is 4.79 Å². The van der Waals surface area contributed by atoms with Gasteiger partial charge in [0.1, 0.15) is 11.4 Å². The fourth-order valence-electron chi connectivity index (χ4n) is 3.79. The molecule has 6 nitrogen and oxygen atoms in total. The lowest BCUT2D eigenvalue weighted by Gasteiger charge is -2.18. The Kier molecular flexibility index (Phi) is 5.56. The zero-order chi connectivity index (χ0) is 21.4. The first kappa shape index (κ1) is 20.3. The number of aryl methyl sites for hydroxylation is 2. The molecule has 0 aliphatic heterocycles. The van der Waals surface area contributed by atoms with Gasteiger partial charge in [0, 0.05) is 27.2 Å². The molecule has 0 bridgehead atoms. The Morgan fingerprint density at radius 2 is 2.16 bits per heavy atom. The Balaban J connectivity index is 1.48. The van der Waals surface area contributed by atoms with Gasteiger partial charge in [0.15, 0.2) is 5.13 Å². The van der Waals surface area contributed by atoms with Crippen LogP contribution in [0.4, 0.5) is 5.13 Å². The van der Waals surface area contributed by atoms with Crippen molar-refractivity contribution >= 4 is 55.3 Å². The molecule has 0 saturated heterocycles. The lowest BCUT2D eigenvalue weighted by atomic mass is 10.0. The standard InChI is InChI=1S/C22H20N4O2S3/c1-2-9-26(22-24-15-6-3-4-7-17(15)31-22)18(27)11-25-13-23-20-19(21(25)28)14(12-30-20)16-8-5-10-29-16/h2,5,8,10,12-13H,1,3-4,6-7,9,11H2. The number of amides is 1. The number of hydrogen-bond acceptors (Lipinski definition) is 7. The second-order valence-electron chi connectivity index (χ2n) is 7.35. The molecule has 0 atom stereocenters. The highest BCUT2D eigenvalue weighted by atomic mass is 32.1. The van der Waals surface area contributed by atoms with Gasteiger partial charge in [-0.2, -0.15) is 0 Å². The summed E-state index contributed by atoms with van der Waals surface area (Å²) in [5, 5.41) is 5.20. The largest absolute Gasteiger partial charge is 0.289 e. The average molecular weight is 469 g/mol. The average Bonchev–Trinajstić information content (AvgIpc) is 3.52. The number of aromatic nitrogens is 3. The number of thiophene rings is 2. The molecule has 0 N–H and O–H groups in total. The molecule has 0 spiro atoms.